The van der Waals surface area contributed by atoms with Gasteiger partial charge < -0.3 is 25.4 Å². The fraction of sp³-hybridized carbons (Fsp3) is 0.333. The van der Waals surface area contributed by atoms with Gasteiger partial charge in [0.1, 0.15) is 17.3 Å². The van der Waals surface area contributed by atoms with Crippen molar-refractivity contribution in [1.82, 2.24) is 0 Å². The molecule has 2 heterocycles. The van der Waals surface area contributed by atoms with E-state index in [1.807, 2.05) is 36.4 Å². The number of nitrogens with one attached hydrogen (secondary N) is 2. The Morgan fingerprint density at radius 1 is 1.13 bits per heavy atom. The number of unbranched alkanes of at least 4 members (excludes halogenated alkanes) is 1. The van der Waals surface area contributed by atoms with Gasteiger partial charge >= 0.3 is 0 Å². The third-order valence-corrected chi connectivity index (χ3v) is 5.86. The van der Waals surface area contributed by atoms with Crippen LogP contribution in [0.3, 0.4) is 0 Å². The Kier molecular flexibility index (Phi) is 5.95. The maximum absolute atomic E-state index is 13.6. The number of benzene rings is 2. The number of ether oxygens (including phenoxy) is 2. The summed E-state index contributed by atoms with van der Waals surface area (Å²) in [4.78, 5) is 15.4. The lowest BCUT2D eigenvalue weighted by molar-refractivity contribution is -0.115. The molecule has 0 aromatic heterocycles. The molecule has 0 aliphatic carbocycles. The Morgan fingerprint density at radius 3 is 2.48 bits per heavy atom. The molecule has 7 nitrogen and oxygen atoms in total. The molecule has 31 heavy (non-hydrogen) atoms. The molecule has 1 atom stereocenters. The van der Waals surface area contributed by atoms with Crippen LogP contribution in [0.1, 0.15) is 24.8 Å². The van der Waals surface area contributed by atoms with Gasteiger partial charge in [0.15, 0.2) is 5.78 Å². The number of allylic oxidation sites excluding steroid dienone is 1. The topological polar surface area (TPSA) is 101 Å². The van der Waals surface area contributed by atoms with Gasteiger partial charge in [0.05, 0.1) is 31.5 Å². The van der Waals surface area contributed by atoms with E-state index < -0.39 is 6.04 Å². The van der Waals surface area contributed by atoms with Crippen molar-refractivity contribution in [2.75, 3.05) is 31.0 Å². The molecule has 7 heteroatoms. The normalized spacial score (nSPS) is 20.1. The van der Waals surface area contributed by atoms with Crippen molar-refractivity contribution in [3.63, 3.8) is 0 Å². The number of hydrogen-bond donors (Lipinski definition) is 3. The maximum atomic E-state index is 13.6. The van der Waals surface area contributed by atoms with Gasteiger partial charge in [-0.25, -0.2) is 0 Å². The zero-order valence-corrected chi connectivity index (χ0v) is 17.9. The van der Waals surface area contributed by atoms with E-state index in [0.29, 0.717) is 42.1 Å². The average molecular weight is 421 g/mol. The van der Waals surface area contributed by atoms with Crippen molar-refractivity contribution in [3.8, 4) is 11.5 Å². The van der Waals surface area contributed by atoms with Crippen LogP contribution in [-0.4, -0.2) is 38.4 Å². The largest absolute Gasteiger partial charge is 0.497 e. The molecule has 1 fully saturated rings. The van der Waals surface area contributed by atoms with Crippen molar-refractivity contribution in [2.24, 2.45) is 5.73 Å². The average Bonchev–Trinajstić information content (AvgIpc) is 3.31. The number of anilines is 2. The zero-order chi connectivity index (χ0) is 22.0. The van der Waals surface area contributed by atoms with Crippen molar-refractivity contribution in [3.05, 3.63) is 59.3 Å². The quantitative estimate of drug-likeness (QED) is 0.468. The first-order chi connectivity index (χ1) is 15.1. The molecular formula is C24H28N4O3. The Bertz CT molecular complexity index is 998. The lowest BCUT2D eigenvalue weighted by atomic mass is 10.0. The van der Waals surface area contributed by atoms with E-state index in [-0.39, 0.29) is 11.6 Å². The number of methoxy groups -OCH3 is 2. The van der Waals surface area contributed by atoms with Crippen LogP contribution in [0.25, 0.3) is 0 Å². The highest BCUT2D eigenvalue weighted by Crippen LogP contribution is 2.38. The number of ketones is 1. The molecule has 162 valence electrons. The van der Waals surface area contributed by atoms with E-state index in [1.54, 1.807) is 25.2 Å². The number of amidine groups is 1. The Balaban J connectivity index is 1.76. The summed E-state index contributed by atoms with van der Waals surface area (Å²) in [5.41, 5.74) is 9.75. The molecular weight excluding hydrogens is 392 g/mol. The summed E-state index contributed by atoms with van der Waals surface area (Å²) in [6.45, 7) is 0.580. The summed E-state index contributed by atoms with van der Waals surface area (Å²) in [7, 11) is 3.18. The molecule has 0 radical (unpaired) electrons. The first-order valence-electron chi connectivity index (χ1n) is 10.5. The van der Waals surface area contributed by atoms with E-state index in [0.717, 1.165) is 29.8 Å². The van der Waals surface area contributed by atoms with Crippen LogP contribution in [0, 0.1) is 5.41 Å². The molecule has 1 saturated heterocycles. The van der Waals surface area contributed by atoms with Gasteiger partial charge in [-0.1, -0.05) is 18.2 Å². The molecule has 0 saturated carbocycles. The molecule has 0 spiro atoms. The van der Waals surface area contributed by atoms with Gasteiger partial charge in [0, 0.05) is 36.0 Å². The molecule has 2 aliphatic rings. The first kappa shape index (κ1) is 20.9. The number of nitrogens with two attached hydrogens (primary N) is 1. The van der Waals surface area contributed by atoms with E-state index >= 15 is 0 Å². The second kappa shape index (κ2) is 8.81. The van der Waals surface area contributed by atoms with Crippen LogP contribution in [0.4, 0.5) is 11.4 Å². The van der Waals surface area contributed by atoms with E-state index in [9.17, 15) is 4.79 Å². The summed E-state index contributed by atoms with van der Waals surface area (Å²) in [6, 6.07) is 13.0. The number of para-hydroxylation sites is 1. The number of hydrogen-bond acceptors (Lipinski definition) is 6. The molecule has 2 aliphatic heterocycles. The summed E-state index contributed by atoms with van der Waals surface area (Å²) >= 11 is 0. The van der Waals surface area contributed by atoms with Crippen molar-refractivity contribution >= 4 is 23.0 Å². The number of fused-ring (bicyclic) bond motifs is 1. The van der Waals surface area contributed by atoms with Gasteiger partial charge in [-0.2, -0.15) is 0 Å². The molecule has 4 rings (SSSR count). The summed E-state index contributed by atoms with van der Waals surface area (Å²) in [6.07, 6.45) is 2.89. The van der Waals surface area contributed by atoms with E-state index in [1.165, 1.54) is 0 Å². The van der Waals surface area contributed by atoms with Crippen LogP contribution in [-0.2, 0) is 11.2 Å². The standard InChI is InChI=1S/C24H28N4O3/c1-30-17-12-16(13-18(14-17)31-2)28-21(9-5-6-10-25)23(29)22(24(28)26)20-11-15-7-3-4-8-19(15)27-20/h3-4,7-8,12-14,21,26-27H,5-6,9-11,25H2,1-2H3. The summed E-state index contributed by atoms with van der Waals surface area (Å²) in [5.74, 6) is 1.40. The van der Waals surface area contributed by atoms with E-state index in [2.05, 4.69) is 5.32 Å². The van der Waals surface area contributed by atoms with Crippen LogP contribution in [0.2, 0.25) is 0 Å². The molecule has 0 amide bonds. The van der Waals surface area contributed by atoms with Crippen molar-refractivity contribution in [2.45, 2.75) is 31.7 Å². The predicted octanol–water partition coefficient (Wildman–Crippen LogP) is 3.49. The minimum Gasteiger partial charge on any atom is -0.497 e. The van der Waals surface area contributed by atoms with Crippen molar-refractivity contribution in [1.29, 1.82) is 5.41 Å². The highest BCUT2D eigenvalue weighted by atomic mass is 16.5. The minimum atomic E-state index is -0.455. The van der Waals surface area contributed by atoms with Gasteiger partial charge in [-0.15, -0.1) is 0 Å². The van der Waals surface area contributed by atoms with Crippen LogP contribution < -0.4 is 25.4 Å². The van der Waals surface area contributed by atoms with E-state index in [4.69, 9.17) is 20.6 Å². The summed E-state index contributed by atoms with van der Waals surface area (Å²) in [5, 5.41) is 12.3. The molecule has 0 bridgehead atoms. The fourth-order valence-electron chi connectivity index (χ4n) is 4.30. The molecule has 2 aromatic carbocycles. The predicted molar refractivity (Wildman–Crippen MR) is 122 cm³/mol. The van der Waals surface area contributed by atoms with Gasteiger partial charge in [0.25, 0.3) is 0 Å². The SMILES string of the molecule is COc1cc(OC)cc(N2C(=N)C(=C3Cc4ccccc4N3)C(=O)C2CCCCN)c1. The molecule has 1 unspecified atom stereocenters. The maximum Gasteiger partial charge on any atom is 0.191 e. The van der Waals surface area contributed by atoms with Gasteiger partial charge in [0.2, 0.25) is 0 Å². The summed E-state index contributed by atoms with van der Waals surface area (Å²) < 4.78 is 10.8. The molecule has 4 N–H and O–H groups in total. The Morgan fingerprint density at radius 2 is 1.84 bits per heavy atom. The molecule has 2 aromatic rings. The number of carbonyl (C=O) groups is 1. The van der Waals surface area contributed by atoms with Crippen LogP contribution >= 0.6 is 0 Å². The smallest absolute Gasteiger partial charge is 0.191 e. The monoisotopic (exact) mass is 420 g/mol. The second-order valence-electron chi connectivity index (χ2n) is 7.77. The second-order valence-corrected chi connectivity index (χ2v) is 7.77. The van der Waals surface area contributed by atoms with Gasteiger partial charge in [-0.3, -0.25) is 10.2 Å². The lowest BCUT2D eigenvalue weighted by Crippen LogP contribution is -2.35. The minimum absolute atomic E-state index is 0.0286. The fourth-order valence-corrected chi connectivity index (χ4v) is 4.30. The zero-order valence-electron chi connectivity index (χ0n) is 17.9. The Hall–Kier alpha value is -3.32. The first-order valence-corrected chi connectivity index (χ1v) is 10.5. The number of nitrogens with zero attached hydrogens (tertiary/aromatic N) is 1. The third-order valence-electron chi connectivity index (χ3n) is 5.86. The highest BCUT2D eigenvalue weighted by Gasteiger charge is 2.43. The lowest BCUT2D eigenvalue weighted by Gasteiger charge is -2.25. The van der Waals surface area contributed by atoms with Gasteiger partial charge in [-0.05, 0) is 37.4 Å². The van der Waals surface area contributed by atoms with Crippen LogP contribution in [0.15, 0.2) is 53.7 Å². The van der Waals surface area contributed by atoms with Crippen LogP contribution in [0.5, 0.6) is 11.5 Å². The highest BCUT2D eigenvalue weighted by molar-refractivity contribution is 6.35. The number of carbonyl (C=O) groups excluding carboxylic acids is 1. The number of Topliss-reactive ketones (excluding diaryl/α,β-unsaturated/α-hetero) is 1. The number of rotatable bonds is 7. The third kappa shape index (κ3) is 3.88. The Labute approximate surface area is 182 Å². The van der Waals surface area contributed by atoms with Crippen molar-refractivity contribution < 1.29 is 14.3 Å².